The van der Waals surface area contributed by atoms with Crippen LogP contribution < -0.4 is 4.74 Å². The van der Waals surface area contributed by atoms with Crippen LogP contribution in [0, 0.1) is 10.1 Å². The lowest BCUT2D eigenvalue weighted by atomic mass is 9.95. The first-order chi connectivity index (χ1) is 14.7. The van der Waals surface area contributed by atoms with Gasteiger partial charge in [0.15, 0.2) is 0 Å². The third kappa shape index (κ3) is 4.22. The molecule has 0 radical (unpaired) electrons. The van der Waals surface area contributed by atoms with Crippen molar-refractivity contribution in [1.29, 1.82) is 0 Å². The van der Waals surface area contributed by atoms with E-state index < -0.39 is 40.9 Å². The molecule has 10 heteroatoms. The summed E-state index contributed by atoms with van der Waals surface area (Å²) in [6.07, 6.45) is 0. The normalized spacial score (nSPS) is 17.6. The van der Waals surface area contributed by atoms with Gasteiger partial charge in [-0.05, 0) is 48.9 Å². The summed E-state index contributed by atoms with van der Waals surface area (Å²) in [5, 5.41) is 31.0. The molecule has 31 heavy (non-hydrogen) atoms. The van der Waals surface area contributed by atoms with Gasteiger partial charge in [0, 0.05) is 17.7 Å². The van der Waals surface area contributed by atoms with Gasteiger partial charge < -0.3 is 19.8 Å². The van der Waals surface area contributed by atoms with Crippen LogP contribution in [0.15, 0.2) is 54.1 Å². The largest absolute Gasteiger partial charge is 0.507 e. The Morgan fingerprint density at radius 2 is 1.71 bits per heavy atom. The Morgan fingerprint density at radius 1 is 1.10 bits per heavy atom. The molecule has 1 heterocycles. The number of aliphatic hydroxyl groups excluding tert-OH is 1. The quantitative estimate of drug-likeness (QED) is 0.226. The number of nitro benzene ring substituents is 1. The van der Waals surface area contributed by atoms with Crippen molar-refractivity contribution in [3.63, 3.8) is 0 Å². The fourth-order valence-electron chi connectivity index (χ4n) is 3.34. The number of hydrogen-bond acceptors (Lipinski definition) is 7. The number of ether oxygens (including phenoxy) is 1. The van der Waals surface area contributed by atoms with Crippen LogP contribution in [-0.4, -0.2) is 50.8 Å². The molecule has 1 aliphatic rings. The molecule has 0 aromatic heterocycles. The number of aliphatic carboxylic acids is 1. The van der Waals surface area contributed by atoms with Gasteiger partial charge in [0.1, 0.15) is 18.1 Å². The number of rotatable bonds is 7. The van der Waals surface area contributed by atoms with Crippen molar-refractivity contribution < 1.29 is 34.3 Å². The van der Waals surface area contributed by atoms with Crippen molar-refractivity contribution in [3.05, 3.63) is 75.3 Å². The number of hydrogen-bond donors (Lipinski definition) is 2. The van der Waals surface area contributed by atoms with Crippen LogP contribution in [-0.2, 0) is 14.4 Å². The Labute approximate surface area is 176 Å². The topological polar surface area (TPSA) is 147 Å². The molecule has 0 saturated carbocycles. The highest BCUT2D eigenvalue weighted by Crippen LogP contribution is 2.39. The summed E-state index contributed by atoms with van der Waals surface area (Å²) in [7, 11) is 0. The van der Waals surface area contributed by atoms with Crippen LogP contribution in [0.5, 0.6) is 5.75 Å². The summed E-state index contributed by atoms with van der Waals surface area (Å²) in [5.74, 6) is -3.43. The van der Waals surface area contributed by atoms with E-state index in [4.69, 9.17) is 4.74 Å². The molecule has 2 aromatic rings. The molecule has 3 rings (SSSR count). The number of benzene rings is 2. The fourth-order valence-corrected chi connectivity index (χ4v) is 3.34. The minimum Gasteiger partial charge on any atom is -0.507 e. The number of carboxylic acid groups (broad SMARTS) is 1. The first kappa shape index (κ1) is 21.5. The lowest BCUT2D eigenvalue weighted by molar-refractivity contribution is -0.384. The Bertz CT molecular complexity index is 1070. The molecule has 2 N–H and O–H groups in total. The van der Waals surface area contributed by atoms with Crippen LogP contribution in [0.3, 0.4) is 0 Å². The van der Waals surface area contributed by atoms with Gasteiger partial charge >= 0.3 is 5.97 Å². The molecule has 0 bridgehead atoms. The number of aliphatic hydroxyl groups is 1. The number of likely N-dealkylation sites (tertiary alicyclic amines) is 1. The zero-order valence-corrected chi connectivity index (χ0v) is 16.3. The predicted octanol–water partition coefficient (Wildman–Crippen LogP) is 2.50. The van der Waals surface area contributed by atoms with Gasteiger partial charge in [-0.1, -0.05) is 0 Å². The standard InChI is InChI=1S/C21H18N2O8/c1-2-31-15-9-5-13(6-10-15)19(26)17-18(12-3-7-14(8-4-12)23(29)30)22(11-16(24)25)21(28)20(17)27/h3-10,18,26H,2,11H2,1H3,(H,24,25)/b19-17-. The van der Waals surface area contributed by atoms with E-state index >= 15 is 0 Å². The maximum Gasteiger partial charge on any atom is 0.323 e. The fraction of sp³-hybridized carbons (Fsp3) is 0.190. The summed E-state index contributed by atoms with van der Waals surface area (Å²) < 4.78 is 5.34. The number of non-ortho nitro benzene ring substituents is 1. The number of nitrogens with zero attached hydrogens (tertiary/aromatic N) is 2. The smallest absolute Gasteiger partial charge is 0.323 e. The van der Waals surface area contributed by atoms with Crippen molar-refractivity contribution in [3.8, 4) is 5.75 Å². The second kappa shape index (κ2) is 8.66. The van der Waals surface area contributed by atoms with Crippen LogP contribution >= 0.6 is 0 Å². The van der Waals surface area contributed by atoms with Crippen molar-refractivity contribution in [1.82, 2.24) is 4.90 Å². The minimum absolute atomic E-state index is 0.217. The molecule has 160 valence electrons. The van der Waals surface area contributed by atoms with Crippen molar-refractivity contribution >= 4 is 29.1 Å². The monoisotopic (exact) mass is 426 g/mol. The molecule has 0 spiro atoms. The SMILES string of the molecule is CCOc1ccc(/C(O)=C2/C(=O)C(=O)N(CC(=O)O)C2c2ccc([N+](=O)[O-])cc2)cc1. The third-order valence-corrected chi connectivity index (χ3v) is 4.70. The van der Waals surface area contributed by atoms with Gasteiger partial charge in [0.25, 0.3) is 17.4 Å². The lowest BCUT2D eigenvalue weighted by Gasteiger charge is -2.23. The Morgan fingerprint density at radius 3 is 2.23 bits per heavy atom. The highest BCUT2D eigenvalue weighted by molar-refractivity contribution is 6.46. The molecular weight excluding hydrogens is 408 g/mol. The number of carbonyl (C=O) groups excluding carboxylic acids is 2. The number of amides is 1. The molecule has 0 aliphatic carbocycles. The maximum absolute atomic E-state index is 12.7. The summed E-state index contributed by atoms with van der Waals surface area (Å²) >= 11 is 0. The number of nitro groups is 1. The summed E-state index contributed by atoms with van der Waals surface area (Å²) in [6, 6.07) is 9.91. The summed E-state index contributed by atoms with van der Waals surface area (Å²) in [4.78, 5) is 47.6. The second-order valence-electron chi connectivity index (χ2n) is 6.63. The minimum atomic E-state index is -1.35. The maximum atomic E-state index is 12.7. The summed E-state index contributed by atoms with van der Waals surface area (Å²) in [6.45, 7) is 1.46. The molecule has 1 amide bonds. The van der Waals surface area contributed by atoms with E-state index in [-0.39, 0.29) is 22.4 Å². The van der Waals surface area contributed by atoms with Crippen molar-refractivity contribution in [2.45, 2.75) is 13.0 Å². The summed E-state index contributed by atoms with van der Waals surface area (Å²) in [5.41, 5.74) is -0.0445. The molecule has 1 unspecified atom stereocenters. The molecule has 10 nitrogen and oxygen atoms in total. The van der Waals surface area contributed by atoms with E-state index in [9.17, 15) is 34.7 Å². The highest BCUT2D eigenvalue weighted by Gasteiger charge is 2.46. The average Bonchev–Trinajstić information content (AvgIpc) is 2.98. The first-order valence-corrected chi connectivity index (χ1v) is 9.22. The molecular formula is C21H18N2O8. The number of ketones is 1. The number of Topliss-reactive ketones (excluding diaryl/α,β-unsaturated/α-hetero) is 1. The number of carboxylic acids is 1. The van der Waals surface area contributed by atoms with Gasteiger partial charge in [-0.2, -0.15) is 0 Å². The lowest BCUT2D eigenvalue weighted by Crippen LogP contribution is -2.34. The van der Waals surface area contributed by atoms with Gasteiger partial charge in [-0.15, -0.1) is 0 Å². The van der Waals surface area contributed by atoms with E-state index in [1.807, 2.05) is 6.92 Å². The van der Waals surface area contributed by atoms with Gasteiger partial charge in [-0.3, -0.25) is 24.5 Å². The molecule has 1 atom stereocenters. The first-order valence-electron chi connectivity index (χ1n) is 9.22. The Balaban J connectivity index is 2.13. The van der Waals surface area contributed by atoms with E-state index in [2.05, 4.69) is 0 Å². The zero-order chi connectivity index (χ0) is 22.7. The van der Waals surface area contributed by atoms with Crippen LogP contribution in [0.25, 0.3) is 5.76 Å². The molecule has 1 fully saturated rings. The van der Waals surface area contributed by atoms with E-state index in [0.717, 1.165) is 4.90 Å². The van der Waals surface area contributed by atoms with Crippen LogP contribution in [0.4, 0.5) is 5.69 Å². The third-order valence-electron chi connectivity index (χ3n) is 4.70. The van der Waals surface area contributed by atoms with Crippen LogP contribution in [0.2, 0.25) is 0 Å². The van der Waals surface area contributed by atoms with Gasteiger partial charge in [0.2, 0.25) is 0 Å². The zero-order valence-electron chi connectivity index (χ0n) is 16.3. The molecule has 1 saturated heterocycles. The molecule has 2 aromatic carbocycles. The van der Waals surface area contributed by atoms with Crippen molar-refractivity contribution in [2.75, 3.05) is 13.2 Å². The van der Waals surface area contributed by atoms with Gasteiger partial charge in [-0.25, -0.2) is 0 Å². The van der Waals surface area contributed by atoms with E-state index in [1.165, 1.54) is 36.4 Å². The predicted molar refractivity (Wildman–Crippen MR) is 107 cm³/mol. The van der Waals surface area contributed by atoms with Crippen LogP contribution in [0.1, 0.15) is 24.1 Å². The van der Waals surface area contributed by atoms with Crippen molar-refractivity contribution in [2.24, 2.45) is 0 Å². The molecule has 1 aliphatic heterocycles. The Kier molecular flexibility index (Phi) is 6.00. The Hall–Kier alpha value is -4.21. The second-order valence-corrected chi connectivity index (χ2v) is 6.63. The number of carbonyl (C=O) groups is 3. The highest BCUT2D eigenvalue weighted by atomic mass is 16.6. The average molecular weight is 426 g/mol. The van der Waals surface area contributed by atoms with E-state index in [0.29, 0.717) is 12.4 Å². The van der Waals surface area contributed by atoms with Gasteiger partial charge in [0.05, 0.1) is 23.1 Å². The van der Waals surface area contributed by atoms with E-state index in [1.54, 1.807) is 12.1 Å².